The molecule has 2 heteroatoms. The average molecular weight is 202 g/mol. The molecular weight excluding hydrogens is 184 g/mol. The lowest BCUT2D eigenvalue weighted by Crippen LogP contribution is -2.31. The van der Waals surface area contributed by atoms with E-state index in [-0.39, 0.29) is 0 Å². The van der Waals surface area contributed by atoms with Crippen LogP contribution in [-0.2, 0) is 0 Å². The molecule has 1 fully saturated rings. The van der Waals surface area contributed by atoms with E-state index in [1.807, 2.05) is 0 Å². The van der Waals surface area contributed by atoms with Gasteiger partial charge in [-0.25, -0.2) is 0 Å². The van der Waals surface area contributed by atoms with E-state index in [1.165, 1.54) is 31.6 Å². The van der Waals surface area contributed by atoms with Crippen molar-refractivity contribution in [3.63, 3.8) is 0 Å². The summed E-state index contributed by atoms with van der Waals surface area (Å²) in [5.74, 6) is 1.63. The number of para-hydroxylation sites is 1. The molecule has 0 saturated carbocycles. The molecule has 3 rings (SSSR count). The molecule has 1 unspecified atom stereocenters. The summed E-state index contributed by atoms with van der Waals surface area (Å²) < 4.78 is 0. The second kappa shape index (κ2) is 3.86. The summed E-state index contributed by atoms with van der Waals surface area (Å²) in [5.41, 5.74) is 2.91. The van der Waals surface area contributed by atoms with E-state index in [4.69, 9.17) is 0 Å². The smallest absolute Gasteiger partial charge is 0.0376 e. The second-order valence-corrected chi connectivity index (χ2v) is 4.66. The molecule has 2 aliphatic heterocycles. The van der Waals surface area contributed by atoms with Crippen molar-refractivity contribution in [2.45, 2.75) is 18.8 Å². The van der Waals surface area contributed by atoms with Crippen LogP contribution in [-0.4, -0.2) is 19.6 Å². The van der Waals surface area contributed by atoms with Crippen molar-refractivity contribution in [3.05, 3.63) is 29.8 Å². The maximum absolute atomic E-state index is 3.53. The lowest BCUT2D eigenvalue weighted by Gasteiger charge is -2.27. The van der Waals surface area contributed by atoms with Gasteiger partial charge in [-0.2, -0.15) is 0 Å². The molecule has 0 spiro atoms. The molecule has 0 aliphatic carbocycles. The summed E-state index contributed by atoms with van der Waals surface area (Å²) >= 11 is 0. The quantitative estimate of drug-likeness (QED) is 0.729. The molecule has 2 N–H and O–H groups in total. The van der Waals surface area contributed by atoms with Gasteiger partial charge in [0.25, 0.3) is 0 Å². The molecule has 80 valence electrons. The van der Waals surface area contributed by atoms with Crippen LogP contribution in [0.3, 0.4) is 0 Å². The highest BCUT2D eigenvalue weighted by molar-refractivity contribution is 5.57. The van der Waals surface area contributed by atoms with Gasteiger partial charge in [0.1, 0.15) is 0 Å². The van der Waals surface area contributed by atoms with Crippen molar-refractivity contribution in [1.29, 1.82) is 0 Å². The number of benzene rings is 1. The zero-order valence-electron chi connectivity index (χ0n) is 9.00. The largest absolute Gasteiger partial charge is 0.384 e. The molecule has 2 heterocycles. The Kier molecular flexibility index (Phi) is 2.37. The number of nitrogens with one attached hydrogen (secondary N) is 2. The Balaban J connectivity index is 1.83. The first kappa shape index (κ1) is 9.22. The molecule has 1 aromatic rings. The van der Waals surface area contributed by atoms with Crippen LogP contribution in [0, 0.1) is 5.92 Å². The third-order valence-corrected chi connectivity index (χ3v) is 3.83. The van der Waals surface area contributed by atoms with Crippen molar-refractivity contribution < 1.29 is 0 Å². The minimum atomic E-state index is 0.753. The van der Waals surface area contributed by atoms with Gasteiger partial charge in [-0.1, -0.05) is 18.2 Å². The SMILES string of the molecule is c1ccc2c(c1)NCC2C1CCNCC1. The second-order valence-electron chi connectivity index (χ2n) is 4.66. The van der Waals surface area contributed by atoms with E-state index >= 15 is 0 Å². The summed E-state index contributed by atoms with van der Waals surface area (Å²) in [7, 11) is 0. The first-order valence-corrected chi connectivity index (χ1v) is 5.98. The van der Waals surface area contributed by atoms with Crippen LogP contribution in [0.5, 0.6) is 0 Å². The van der Waals surface area contributed by atoms with Gasteiger partial charge in [-0.3, -0.25) is 0 Å². The maximum atomic E-state index is 3.53. The number of piperidine rings is 1. The number of hydrogen-bond acceptors (Lipinski definition) is 2. The fraction of sp³-hybridized carbons (Fsp3) is 0.538. The summed E-state index contributed by atoms with van der Waals surface area (Å²) in [5, 5.41) is 6.97. The molecule has 15 heavy (non-hydrogen) atoms. The normalized spacial score (nSPS) is 26.0. The number of hydrogen-bond donors (Lipinski definition) is 2. The van der Waals surface area contributed by atoms with E-state index < -0.39 is 0 Å². The molecule has 2 nitrogen and oxygen atoms in total. The van der Waals surface area contributed by atoms with Crippen molar-refractivity contribution in [2.75, 3.05) is 25.0 Å². The molecule has 0 aromatic heterocycles. The van der Waals surface area contributed by atoms with Gasteiger partial charge < -0.3 is 10.6 Å². The highest BCUT2D eigenvalue weighted by Gasteiger charge is 2.29. The molecule has 1 atom stereocenters. The monoisotopic (exact) mass is 202 g/mol. The van der Waals surface area contributed by atoms with Crippen LogP contribution in [0.15, 0.2) is 24.3 Å². The van der Waals surface area contributed by atoms with E-state index in [0.717, 1.165) is 18.4 Å². The van der Waals surface area contributed by atoms with Crippen molar-refractivity contribution in [1.82, 2.24) is 5.32 Å². The van der Waals surface area contributed by atoms with Crippen molar-refractivity contribution >= 4 is 5.69 Å². The molecule has 1 aromatic carbocycles. The predicted molar refractivity (Wildman–Crippen MR) is 63.3 cm³/mol. The first-order chi connectivity index (χ1) is 7.45. The Morgan fingerprint density at radius 1 is 1.07 bits per heavy atom. The molecule has 1 saturated heterocycles. The topological polar surface area (TPSA) is 24.1 Å². The van der Waals surface area contributed by atoms with Crippen LogP contribution in [0.25, 0.3) is 0 Å². The van der Waals surface area contributed by atoms with E-state index in [2.05, 4.69) is 34.9 Å². The molecule has 0 bridgehead atoms. The van der Waals surface area contributed by atoms with E-state index in [9.17, 15) is 0 Å². The Bertz CT molecular complexity index is 342. The number of fused-ring (bicyclic) bond motifs is 1. The van der Waals surface area contributed by atoms with Crippen molar-refractivity contribution in [3.8, 4) is 0 Å². The fourth-order valence-corrected chi connectivity index (χ4v) is 2.98. The van der Waals surface area contributed by atoms with Gasteiger partial charge in [-0.05, 0) is 43.5 Å². The van der Waals surface area contributed by atoms with Crippen LogP contribution in [0.4, 0.5) is 5.69 Å². The Hall–Kier alpha value is -1.02. The van der Waals surface area contributed by atoms with Gasteiger partial charge >= 0.3 is 0 Å². The Morgan fingerprint density at radius 3 is 2.73 bits per heavy atom. The summed E-state index contributed by atoms with van der Waals surface area (Å²) in [6, 6.07) is 8.79. The summed E-state index contributed by atoms with van der Waals surface area (Å²) in [4.78, 5) is 0. The molecule has 2 aliphatic rings. The predicted octanol–water partition coefficient (Wildman–Crippen LogP) is 2.20. The Labute approximate surface area is 91.1 Å². The molecular formula is C13H18N2. The van der Waals surface area contributed by atoms with Crippen LogP contribution in [0.2, 0.25) is 0 Å². The van der Waals surface area contributed by atoms with Crippen LogP contribution in [0.1, 0.15) is 24.3 Å². The fourth-order valence-electron chi connectivity index (χ4n) is 2.98. The first-order valence-electron chi connectivity index (χ1n) is 5.98. The molecule has 0 radical (unpaired) electrons. The van der Waals surface area contributed by atoms with Crippen LogP contribution >= 0.6 is 0 Å². The third-order valence-electron chi connectivity index (χ3n) is 3.83. The van der Waals surface area contributed by atoms with Gasteiger partial charge in [0.05, 0.1) is 0 Å². The Morgan fingerprint density at radius 2 is 1.87 bits per heavy atom. The maximum Gasteiger partial charge on any atom is 0.0376 e. The minimum absolute atomic E-state index is 0.753. The lowest BCUT2D eigenvalue weighted by atomic mass is 9.82. The third kappa shape index (κ3) is 1.63. The lowest BCUT2D eigenvalue weighted by molar-refractivity contribution is 0.330. The minimum Gasteiger partial charge on any atom is -0.384 e. The standard InChI is InChI=1S/C13H18N2/c1-2-4-13-11(3-1)12(9-15-13)10-5-7-14-8-6-10/h1-4,10,12,14-15H,5-9H2. The summed E-state index contributed by atoms with van der Waals surface area (Å²) in [6.07, 6.45) is 2.67. The molecule has 0 amide bonds. The van der Waals surface area contributed by atoms with Gasteiger partial charge in [-0.15, -0.1) is 0 Å². The highest BCUT2D eigenvalue weighted by atomic mass is 14.9. The average Bonchev–Trinajstić information content (AvgIpc) is 2.74. The van der Waals surface area contributed by atoms with E-state index in [0.29, 0.717) is 0 Å². The van der Waals surface area contributed by atoms with Crippen molar-refractivity contribution in [2.24, 2.45) is 5.92 Å². The zero-order chi connectivity index (χ0) is 10.1. The summed E-state index contributed by atoms with van der Waals surface area (Å²) in [6.45, 7) is 3.54. The highest BCUT2D eigenvalue weighted by Crippen LogP contribution is 2.39. The van der Waals surface area contributed by atoms with Gasteiger partial charge in [0.2, 0.25) is 0 Å². The van der Waals surface area contributed by atoms with Gasteiger partial charge in [0, 0.05) is 18.2 Å². The number of rotatable bonds is 1. The van der Waals surface area contributed by atoms with Gasteiger partial charge in [0.15, 0.2) is 0 Å². The van der Waals surface area contributed by atoms with Crippen LogP contribution < -0.4 is 10.6 Å². The van der Waals surface area contributed by atoms with E-state index in [1.54, 1.807) is 5.56 Å². The zero-order valence-corrected chi connectivity index (χ0v) is 9.00. The number of anilines is 1.